The van der Waals surface area contributed by atoms with Gasteiger partial charge in [0, 0.05) is 12.6 Å². The van der Waals surface area contributed by atoms with E-state index in [4.69, 9.17) is 5.73 Å². The van der Waals surface area contributed by atoms with Crippen LogP contribution in [0.15, 0.2) is 29.2 Å². The molecule has 0 amide bonds. The number of nitrogens with zero attached hydrogens (tertiary/aromatic N) is 1. The normalized spacial score (nSPS) is 24.1. The van der Waals surface area contributed by atoms with Gasteiger partial charge in [-0.2, -0.15) is 4.31 Å². The van der Waals surface area contributed by atoms with Crippen molar-refractivity contribution in [3.63, 3.8) is 0 Å². The second-order valence-electron chi connectivity index (χ2n) is 5.80. The molecule has 2 atom stereocenters. The molecule has 0 aliphatic carbocycles. The first-order valence-corrected chi connectivity index (χ1v) is 8.70. The van der Waals surface area contributed by atoms with E-state index >= 15 is 0 Å². The van der Waals surface area contributed by atoms with Gasteiger partial charge >= 0.3 is 0 Å². The third-order valence-corrected chi connectivity index (χ3v) is 5.92. The van der Waals surface area contributed by atoms with Gasteiger partial charge in [-0.05, 0) is 56.3 Å². The summed E-state index contributed by atoms with van der Waals surface area (Å²) in [4.78, 5) is 0.398. The summed E-state index contributed by atoms with van der Waals surface area (Å²) < 4.78 is 26.9. The maximum Gasteiger partial charge on any atom is 0.243 e. The number of hydrogen-bond acceptors (Lipinski definition) is 3. The Morgan fingerprint density at radius 3 is 2.40 bits per heavy atom. The summed E-state index contributed by atoms with van der Waals surface area (Å²) in [7, 11) is -3.35. The van der Waals surface area contributed by atoms with Gasteiger partial charge in [-0.1, -0.05) is 19.1 Å². The fraction of sp³-hybridized carbons (Fsp3) is 0.600. The van der Waals surface area contributed by atoms with E-state index in [-0.39, 0.29) is 6.04 Å². The molecule has 0 saturated carbocycles. The maximum atomic E-state index is 12.6. The molecule has 1 aromatic rings. The molecular formula is C15H24N2O2S. The fourth-order valence-corrected chi connectivity index (χ4v) is 4.63. The number of benzene rings is 1. The summed E-state index contributed by atoms with van der Waals surface area (Å²) in [5.74, 6) is 0.434. The average Bonchev–Trinajstić information content (AvgIpc) is 2.76. The Hall–Kier alpha value is -0.910. The van der Waals surface area contributed by atoms with E-state index in [1.807, 2.05) is 19.1 Å². The quantitative estimate of drug-likeness (QED) is 0.904. The molecule has 1 aliphatic rings. The first kappa shape index (κ1) is 15.5. The zero-order chi connectivity index (χ0) is 14.8. The van der Waals surface area contributed by atoms with Crippen molar-refractivity contribution in [2.45, 2.75) is 44.0 Å². The van der Waals surface area contributed by atoms with Gasteiger partial charge < -0.3 is 5.73 Å². The lowest BCUT2D eigenvalue weighted by Gasteiger charge is -2.21. The van der Waals surface area contributed by atoms with Crippen molar-refractivity contribution < 1.29 is 8.42 Å². The number of hydrogen-bond donors (Lipinski definition) is 1. The van der Waals surface area contributed by atoms with Crippen LogP contribution < -0.4 is 5.73 Å². The van der Waals surface area contributed by atoms with Crippen LogP contribution in [-0.4, -0.2) is 31.9 Å². The van der Waals surface area contributed by atoms with E-state index in [9.17, 15) is 8.42 Å². The average molecular weight is 296 g/mol. The highest BCUT2D eigenvalue weighted by atomic mass is 32.2. The molecule has 5 heteroatoms. The van der Waals surface area contributed by atoms with Crippen molar-refractivity contribution in [3.05, 3.63) is 29.8 Å². The number of sulfonamides is 1. The van der Waals surface area contributed by atoms with Crippen molar-refractivity contribution in [1.82, 2.24) is 4.31 Å². The summed E-state index contributed by atoms with van der Waals surface area (Å²) in [5, 5.41) is 0. The van der Waals surface area contributed by atoms with Crippen LogP contribution in [0.2, 0.25) is 0 Å². The van der Waals surface area contributed by atoms with E-state index < -0.39 is 10.0 Å². The molecule has 1 heterocycles. The van der Waals surface area contributed by atoms with Crippen molar-refractivity contribution in [2.24, 2.45) is 11.7 Å². The lowest BCUT2D eigenvalue weighted by molar-refractivity contribution is 0.405. The minimum absolute atomic E-state index is 0.0897. The lowest BCUT2D eigenvalue weighted by atomic mass is 10.1. The third-order valence-electron chi connectivity index (χ3n) is 3.93. The Balaban J connectivity index is 2.17. The molecule has 0 radical (unpaired) electrons. The number of rotatable bonds is 5. The molecule has 20 heavy (non-hydrogen) atoms. The summed E-state index contributed by atoms with van der Waals surface area (Å²) in [6, 6.07) is 7.32. The van der Waals surface area contributed by atoms with Gasteiger partial charge in [-0.3, -0.25) is 0 Å². The van der Waals surface area contributed by atoms with Crippen LogP contribution in [0.5, 0.6) is 0 Å². The van der Waals surface area contributed by atoms with Crippen molar-refractivity contribution >= 4 is 10.0 Å². The Kier molecular flexibility index (Phi) is 4.83. The molecule has 4 nitrogen and oxygen atoms in total. The minimum Gasteiger partial charge on any atom is -0.330 e. The van der Waals surface area contributed by atoms with Crippen LogP contribution in [0.4, 0.5) is 0 Å². The van der Waals surface area contributed by atoms with Crippen LogP contribution in [0.1, 0.15) is 32.3 Å². The Bertz CT molecular complexity index is 539. The smallest absolute Gasteiger partial charge is 0.243 e. The van der Waals surface area contributed by atoms with E-state index in [2.05, 4.69) is 6.92 Å². The topological polar surface area (TPSA) is 63.4 Å². The first-order chi connectivity index (χ1) is 9.45. The highest BCUT2D eigenvalue weighted by Gasteiger charge is 2.35. The molecule has 1 aromatic carbocycles. The minimum atomic E-state index is -3.35. The van der Waals surface area contributed by atoms with Crippen LogP contribution in [0, 0.1) is 5.92 Å². The first-order valence-electron chi connectivity index (χ1n) is 7.26. The molecule has 2 unspecified atom stereocenters. The Morgan fingerprint density at radius 1 is 1.25 bits per heavy atom. The van der Waals surface area contributed by atoms with Crippen LogP contribution >= 0.6 is 0 Å². The van der Waals surface area contributed by atoms with E-state index in [1.54, 1.807) is 16.4 Å². The van der Waals surface area contributed by atoms with Crippen molar-refractivity contribution in [1.29, 1.82) is 0 Å². The predicted molar refractivity (Wildman–Crippen MR) is 81.0 cm³/mol. The van der Waals surface area contributed by atoms with Gasteiger partial charge in [0.05, 0.1) is 4.90 Å². The SMILES string of the molecule is CC1CC(C)N(S(=O)(=O)c2ccc(CCCN)cc2)C1. The van der Waals surface area contributed by atoms with Crippen molar-refractivity contribution in [2.75, 3.05) is 13.1 Å². The van der Waals surface area contributed by atoms with E-state index in [0.717, 1.165) is 24.8 Å². The molecule has 0 aromatic heterocycles. The largest absolute Gasteiger partial charge is 0.330 e. The predicted octanol–water partition coefficient (Wildman–Crippen LogP) is 2.00. The summed E-state index contributed by atoms with van der Waals surface area (Å²) >= 11 is 0. The summed E-state index contributed by atoms with van der Waals surface area (Å²) in [5.41, 5.74) is 6.62. The molecule has 0 spiro atoms. The van der Waals surface area contributed by atoms with Gasteiger partial charge in [0.2, 0.25) is 10.0 Å². The maximum absolute atomic E-state index is 12.6. The number of nitrogens with two attached hydrogens (primary N) is 1. The molecule has 0 bridgehead atoms. The zero-order valence-corrected chi connectivity index (χ0v) is 13.1. The summed E-state index contributed by atoms with van der Waals surface area (Å²) in [6.45, 7) is 5.36. The standard InChI is InChI=1S/C15H24N2O2S/c1-12-10-13(2)17(11-12)20(18,19)15-7-5-14(6-8-15)4-3-9-16/h5-8,12-13H,3-4,9-11,16H2,1-2H3. The monoisotopic (exact) mass is 296 g/mol. The zero-order valence-electron chi connectivity index (χ0n) is 12.2. The molecule has 1 fully saturated rings. The van der Waals surface area contributed by atoms with Gasteiger partial charge in [0.25, 0.3) is 0 Å². The van der Waals surface area contributed by atoms with Gasteiger partial charge in [-0.25, -0.2) is 8.42 Å². The molecule has 1 saturated heterocycles. The Morgan fingerprint density at radius 2 is 1.90 bits per heavy atom. The molecule has 112 valence electrons. The van der Waals surface area contributed by atoms with Crippen LogP contribution in [-0.2, 0) is 16.4 Å². The molecule has 2 N–H and O–H groups in total. The highest BCUT2D eigenvalue weighted by Crippen LogP contribution is 2.29. The highest BCUT2D eigenvalue weighted by molar-refractivity contribution is 7.89. The van der Waals surface area contributed by atoms with Crippen LogP contribution in [0.25, 0.3) is 0 Å². The lowest BCUT2D eigenvalue weighted by Crippen LogP contribution is -2.33. The van der Waals surface area contributed by atoms with Gasteiger partial charge in [0.15, 0.2) is 0 Å². The van der Waals surface area contributed by atoms with Crippen molar-refractivity contribution in [3.8, 4) is 0 Å². The van der Waals surface area contributed by atoms with Crippen LogP contribution in [0.3, 0.4) is 0 Å². The second-order valence-corrected chi connectivity index (χ2v) is 7.69. The van der Waals surface area contributed by atoms with E-state index in [0.29, 0.717) is 23.9 Å². The van der Waals surface area contributed by atoms with Gasteiger partial charge in [0.1, 0.15) is 0 Å². The third kappa shape index (κ3) is 3.22. The molecule has 2 rings (SSSR count). The summed E-state index contributed by atoms with van der Waals surface area (Å²) in [6.07, 6.45) is 2.76. The number of aryl methyl sites for hydroxylation is 1. The molecular weight excluding hydrogens is 272 g/mol. The Labute approximate surface area is 122 Å². The second kappa shape index (κ2) is 6.24. The van der Waals surface area contributed by atoms with E-state index in [1.165, 1.54) is 0 Å². The fourth-order valence-electron chi connectivity index (χ4n) is 2.87. The van der Waals surface area contributed by atoms with Gasteiger partial charge in [-0.15, -0.1) is 0 Å². The molecule has 1 aliphatic heterocycles.